The Morgan fingerprint density at radius 3 is 1.75 bits per heavy atom. The molecule has 2 rings (SSSR count). The normalized spacial score (nSPS) is 21.5. The lowest BCUT2D eigenvalue weighted by Gasteiger charge is -2.22. The fourth-order valence-corrected chi connectivity index (χ4v) is 4.82. The summed E-state index contributed by atoms with van der Waals surface area (Å²) in [5.74, 6) is -0.0383. The van der Waals surface area contributed by atoms with Crippen molar-refractivity contribution < 1.29 is 28.5 Å². The Labute approximate surface area is 220 Å². The van der Waals surface area contributed by atoms with Crippen molar-refractivity contribution in [1.82, 2.24) is 4.90 Å². The number of hydrogen-bond acceptors (Lipinski definition) is 7. The van der Waals surface area contributed by atoms with Crippen LogP contribution in [0.3, 0.4) is 0 Å². The maximum atomic E-state index is 12.4. The fourth-order valence-electron chi connectivity index (χ4n) is 4.82. The smallest absolute Gasteiger partial charge is 0.306 e. The van der Waals surface area contributed by atoms with E-state index in [2.05, 4.69) is 4.90 Å². The molecule has 2 heterocycles. The summed E-state index contributed by atoms with van der Waals surface area (Å²) in [6.07, 6.45) is 19.2. The second-order valence-electron chi connectivity index (χ2n) is 10.8. The summed E-state index contributed by atoms with van der Waals surface area (Å²) in [5.41, 5.74) is 0. The standard InChI is InChI=1S/C29H55NO6/c1-30(2)21-15-18-27(31)36-26(16-7-3-5-11-22-32-28-19-9-13-24-34-28)17-8-4-6-12-23-33-29-20-10-14-25-35-29/h26,28-29H,3-25H2,1-2H3. The van der Waals surface area contributed by atoms with Gasteiger partial charge in [0.05, 0.1) is 0 Å². The Kier molecular flexibility index (Phi) is 18.6. The highest BCUT2D eigenvalue weighted by Crippen LogP contribution is 2.19. The topological polar surface area (TPSA) is 66.5 Å². The highest BCUT2D eigenvalue weighted by molar-refractivity contribution is 5.69. The second kappa shape index (κ2) is 21.2. The molecule has 0 aromatic rings. The van der Waals surface area contributed by atoms with Gasteiger partial charge in [0.2, 0.25) is 0 Å². The molecule has 0 radical (unpaired) electrons. The molecule has 36 heavy (non-hydrogen) atoms. The van der Waals surface area contributed by atoms with Crippen LogP contribution in [-0.2, 0) is 28.5 Å². The molecular weight excluding hydrogens is 458 g/mol. The van der Waals surface area contributed by atoms with Gasteiger partial charge < -0.3 is 28.6 Å². The predicted molar refractivity (Wildman–Crippen MR) is 143 cm³/mol. The van der Waals surface area contributed by atoms with Gasteiger partial charge in [-0.25, -0.2) is 0 Å². The zero-order valence-electron chi connectivity index (χ0n) is 23.4. The van der Waals surface area contributed by atoms with E-state index in [9.17, 15) is 4.79 Å². The minimum Gasteiger partial charge on any atom is -0.462 e. The molecule has 2 aliphatic heterocycles. The summed E-state index contributed by atoms with van der Waals surface area (Å²) >= 11 is 0. The van der Waals surface area contributed by atoms with Crippen molar-refractivity contribution in [2.24, 2.45) is 0 Å². The van der Waals surface area contributed by atoms with Crippen molar-refractivity contribution >= 4 is 5.97 Å². The average Bonchev–Trinajstić information content (AvgIpc) is 2.88. The largest absolute Gasteiger partial charge is 0.462 e. The SMILES string of the molecule is CN(C)CCCC(=O)OC(CCCCCCOC1CCCCO1)CCCCCCOC1CCCCO1. The summed E-state index contributed by atoms with van der Waals surface area (Å²) in [6, 6.07) is 0. The molecule has 0 bridgehead atoms. The molecule has 0 spiro atoms. The van der Waals surface area contributed by atoms with Crippen molar-refractivity contribution in [2.75, 3.05) is 47.1 Å². The number of rotatable bonds is 21. The van der Waals surface area contributed by atoms with Crippen LogP contribution in [0.4, 0.5) is 0 Å². The first-order valence-electron chi connectivity index (χ1n) is 14.9. The quantitative estimate of drug-likeness (QED) is 0.133. The lowest BCUT2D eigenvalue weighted by molar-refractivity contribution is -0.163. The van der Waals surface area contributed by atoms with Gasteiger partial charge in [-0.3, -0.25) is 4.79 Å². The van der Waals surface area contributed by atoms with E-state index in [0.29, 0.717) is 6.42 Å². The molecule has 2 saturated heterocycles. The van der Waals surface area contributed by atoms with Crippen LogP contribution in [0.25, 0.3) is 0 Å². The van der Waals surface area contributed by atoms with Gasteiger partial charge >= 0.3 is 5.97 Å². The first-order chi connectivity index (χ1) is 17.6. The molecule has 212 valence electrons. The van der Waals surface area contributed by atoms with E-state index in [4.69, 9.17) is 23.7 Å². The van der Waals surface area contributed by atoms with Gasteiger partial charge in [0, 0.05) is 32.8 Å². The van der Waals surface area contributed by atoms with Crippen LogP contribution in [-0.4, -0.2) is 76.6 Å². The molecule has 0 aromatic carbocycles. The number of ether oxygens (including phenoxy) is 5. The molecular formula is C29H55NO6. The first-order valence-corrected chi connectivity index (χ1v) is 14.9. The summed E-state index contributed by atoms with van der Waals surface area (Å²) in [6.45, 7) is 4.16. The molecule has 2 fully saturated rings. The molecule has 7 heteroatoms. The Hall–Kier alpha value is -0.730. The fraction of sp³-hybridized carbons (Fsp3) is 0.966. The monoisotopic (exact) mass is 513 g/mol. The van der Waals surface area contributed by atoms with Crippen molar-refractivity contribution in [2.45, 2.75) is 134 Å². The molecule has 2 unspecified atom stereocenters. The number of esters is 1. The molecule has 0 aromatic heterocycles. The molecule has 0 saturated carbocycles. The average molecular weight is 514 g/mol. The van der Waals surface area contributed by atoms with Crippen molar-refractivity contribution in [3.8, 4) is 0 Å². The highest BCUT2D eigenvalue weighted by Gasteiger charge is 2.16. The number of hydrogen-bond donors (Lipinski definition) is 0. The maximum absolute atomic E-state index is 12.4. The lowest BCUT2D eigenvalue weighted by Crippen LogP contribution is -2.22. The van der Waals surface area contributed by atoms with E-state index >= 15 is 0 Å². The minimum atomic E-state index is -0.0383. The Morgan fingerprint density at radius 2 is 1.28 bits per heavy atom. The van der Waals surface area contributed by atoms with Gasteiger partial charge in [-0.1, -0.05) is 25.7 Å². The third kappa shape index (κ3) is 16.9. The van der Waals surface area contributed by atoms with Crippen molar-refractivity contribution in [3.63, 3.8) is 0 Å². The van der Waals surface area contributed by atoms with Gasteiger partial charge in [0.15, 0.2) is 12.6 Å². The van der Waals surface area contributed by atoms with Crippen LogP contribution in [0.5, 0.6) is 0 Å². The van der Waals surface area contributed by atoms with Crippen LogP contribution in [0.15, 0.2) is 0 Å². The van der Waals surface area contributed by atoms with Gasteiger partial charge in [-0.2, -0.15) is 0 Å². The summed E-state index contributed by atoms with van der Waals surface area (Å²) in [7, 11) is 4.07. The van der Waals surface area contributed by atoms with Gasteiger partial charge in [0.1, 0.15) is 6.10 Å². The van der Waals surface area contributed by atoms with Gasteiger partial charge in [-0.15, -0.1) is 0 Å². The predicted octanol–water partition coefficient (Wildman–Crippen LogP) is 6.23. The van der Waals surface area contributed by atoms with E-state index in [0.717, 1.165) is 129 Å². The first kappa shape index (κ1) is 31.5. The Bertz CT molecular complexity index is 488. The number of carbonyl (C=O) groups excluding carboxylic acids is 1. The maximum Gasteiger partial charge on any atom is 0.306 e. The lowest BCUT2D eigenvalue weighted by atomic mass is 10.0. The minimum absolute atomic E-state index is 0.0159. The zero-order chi connectivity index (χ0) is 25.7. The highest BCUT2D eigenvalue weighted by atomic mass is 16.7. The van der Waals surface area contributed by atoms with E-state index in [1.807, 2.05) is 14.1 Å². The van der Waals surface area contributed by atoms with Crippen molar-refractivity contribution in [3.05, 3.63) is 0 Å². The van der Waals surface area contributed by atoms with Gasteiger partial charge in [0.25, 0.3) is 0 Å². The number of unbranched alkanes of at least 4 members (excludes halogenated alkanes) is 6. The molecule has 0 N–H and O–H groups in total. The molecule has 7 nitrogen and oxygen atoms in total. The van der Waals surface area contributed by atoms with Crippen LogP contribution in [0.2, 0.25) is 0 Å². The van der Waals surface area contributed by atoms with Gasteiger partial charge in [-0.05, 0) is 104 Å². The zero-order valence-corrected chi connectivity index (χ0v) is 23.4. The molecule has 0 aliphatic carbocycles. The second-order valence-corrected chi connectivity index (χ2v) is 10.8. The van der Waals surface area contributed by atoms with Crippen LogP contribution >= 0.6 is 0 Å². The summed E-state index contributed by atoms with van der Waals surface area (Å²) in [4.78, 5) is 14.5. The molecule has 2 atom stereocenters. The van der Waals surface area contributed by atoms with Crippen LogP contribution in [0.1, 0.15) is 116 Å². The Morgan fingerprint density at radius 1 is 0.750 bits per heavy atom. The van der Waals surface area contributed by atoms with E-state index in [1.165, 1.54) is 12.8 Å². The third-order valence-electron chi connectivity index (χ3n) is 7.01. The van der Waals surface area contributed by atoms with Crippen LogP contribution in [0, 0.1) is 0 Å². The summed E-state index contributed by atoms with van der Waals surface area (Å²) in [5, 5.41) is 0. The number of nitrogens with zero attached hydrogens (tertiary/aromatic N) is 1. The number of carbonyl (C=O) groups is 1. The third-order valence-corrected chi connectivity index (χ3v) is 7.01. The van der Waals surface area contributed by atoms with Crippen LogP contribution < -0.4 is 0 Å². The van der Waals surface area contributed by atoms with E-state index in [1.54, 1.807) is 0 Å². The molecule has 0 amide bonds. The Balaban J connectivity index is 1.54. The van der Waals surface area contributed by atoms with E-state index in [-0.39, 0.29) is 24.7 Å². The summed E-state index contributed by atoms with van der Waals surface area (Å²) < 4.78 is 28.8. The molecule has 2 aliphatic rings. The van der Waals surface area contributed by atoms with E-state index < -0.39 is 0 Å². The van der Waals surface area contributed by atoms with Crippen molar-refractivity contribution in [1.29, 1.82) is 0 Å².